The van der Waals surface area contributed by atoms with Gasteiger partial charge in [-0.2, -0.15) is 13.2 Å². The molecular formula is C17H15F8NO8S. The maximum absolute atomic E-state index is 13.4. The summed E-state index contributed by atoms with van der Waals surface area (Å²) in [6, 6.07) is -0.224. The summed E-state index contributed by atoms with van der Waals surface area (Å²) in [7, 11) is -10.2. The Morgan fingerprint density at radius 3 is 2.31 bits per heavy atom. The van der Waals surface area contributed by atoms with E-state index in [1.807, 2.05) is 0 Å². The molecular weight excluding hydrogens is 530 g/mol. The molecule has 9 nitrogen and oxygen atoms in total. The summed E-state index contributed by atoms with van der Waals surface area (Å²) in [6.45, 7) is -0.890. The van der Waals surface area contributed by atoms with Crippen molar-refractivity contribution in [2.24, 2.45) is 0 Å². The number of ether oxygens (including phenoxy) is 3. The monoisotopic (exact) mass is 545 g/mol. The molecule has 0 aromatic heterocycles. The second-order valence-corrected chi connectivity index (χ2v) is 9.40. The third-order valence-electron chi connectivity index (χ3n) is 4.22. The van der Waals surface area contributed by atoms with Crippen molar-refractivity contribution in [3.05, 3.63) is 38.9 Å². The molecule has 0 amide bonds. The van der Waals surface area contributed by atoms with Gasteiger partial charge in [-0.25, -0.2) is 4.79 Å². The number of hydrogen-bond acceptors (Lipinski definition) is 8. The van der Waals surface area contributed by atoms with E-state index in [0.717, 1.165) is 6.92 Å². The highest BCUT2D eigenvalue weighted by atomic mass is 32.5. The van der Waals surface area contributed by atoms with Gasteiger partial charge in [-0.1, -0.05) is 19.4 Å². The van der Waals surface area contributed by atoms with Crippen LogP contribution < -0.4 is 4.74 Å². The van der Waals surface area contributed by atoms with Crippen molar-refractivity contribution < 1.29 is 66.3 Å². The van der Waals surface area contributed by atoms with Crippen LogP contribution in [0.3, 0.4) is 0 Å². The fourth-order valence-corrected chi connectivity index (χ4v) is 3.50. The van der Waals surface area contributed by atoms with E-state index in [0.29, 0.717) is 0 Å². The Bertz CT molecular complexity index is 1070. The number of carbonyl (C=O) groups excluding carboxylic acids is 2. The lowest BCUT2D eigenvalue weighted by Gasteiger charge is -2.41. The molecule has 0 aliphatic carbocycles. The van der Waals surface area contributed by atoms with Crippen LogP contribution in [0.15, 0.2) is 22.6 Å². The smallest absolute Gasteiger partial charge is 0.430 e. The molecule has 0 bridgehead atoms. The summed E-state index contributed by atoms with van der Waals surface area (Å²) >= 11 is 0. The highest BCUT2D eigenvalue weighted by Gasteiger charge is 2.65. The number of fused-ring (bicyclic) bond motifs is 1. The zero-order valence-electron chi connectivity index (χ0n) is 17.3. The lowest BCUT2D eigenvalue weighted by Crippen LogP contribution is -2.41. The van der Waals surface area contributed by atoms with E-state index >= 15 is 0 Å². The molecule has 18 heteroatoms. The van der Waals surface area contributed by atoms with Gasteiger partial charge in [-0.15, -0.1) is 10.1 Å². The van der Waals surface area contributed by atoms with Crippen molar-refractivity contribution in [2.75, 3.05) is 13.4 Å². The molecule has 0 N–H and O–H groups in total. The zero-order chi connectivity index (χ0) is 26.9. The molecule has 0 spiro atoms. The second kappa shape index (κ2) is 8.72. The van der Waals surface area contributed by atoms with Crippen LogP contribution in [0.1, 0.15) is 24.0 Å². The van der Waals surface area contributed by atoms with Crippen molar-refractivity contribution >= 4 is 28.2 Å². The Morgan fingerprint density at radius 2 is 1.77 bits per heavy atom. The summed E-state index contributed by atoms with van der Waals surface area (Å²) in [5.74, 6) is -3.71. The summed E-state index contributed by atoms with van der Waals surface area (Å²) < 4.78 is 120. The third-order valence-corrected chi connectivity index (χ3v) is 5.34. The quantitative estimate of drug-likeness (QED) is 0.101. The summed E-state index contributed by atoms with van der Waals surface area (Å²) in [4.78, 5) is 35.1. The van der Waals surface area contributed by atoms with E-state index in [9.17, 15) is 52.3 Å². The van der Waals surface area contributed by atoms with E-state index < -0.39 is 86.7 Å². The highest BCUT2D eigenvalue weighted by molar-refractivity contribution is 8.45. The molecule has 2 rings (SSSR count). The molecule has 0 saturated carbocycles. The maximum Gasteiger partial charge on any atom is 0.430 e. The minimum atomic E-state index is -10.2. The predicted octanol–water partition coefficient (Wildman–Crippen LogP) is 5.39. The molecule has 0 saturated heterocycles. The van der Waals surface area contributed by atoms with Gasteiger partial charge >= 0.3 is 28.3 Å². The van der Waals surface area contributed by atoms with E-state index in [1.165, 1.54) is 0 Å². The van der Waals surface area contributed by atoms with Crippen LogP contribution in [0.4, 0.5) is 32.6 Å². The topological polar surface area (TPSA) is 114 Å². The SMILES string of the molecule is Cc1cc(S(F)(F)(F)(F)F)cc2c1OC(C(F)(F)F)C(C(=O)OCOC(=O)CCCO[N+](=O)[O-])=C2. The summed E-state index contributed by atoms with van der Waals surface area (Å²) in [5, 5.41) is 8.84. The Balaban J connectivity index is 2.23. The molecule has 0 radical (unpaired) electrons. The van der Waals surface area contributed by atoms with Gasteiger partial charge in [0.1, 0.15) is 10.6 Å². The van der Waals surface area contributed by atoms with Gasteiger partial charge in [0.25, 0.3) is 5.09 Å². The lowest BCUT2D eigenvalue weighted by molar-refractivity contribution is -0.757. The Kier molecular flexibility index (Phi) is 6.96. The highest BCUT2D eigenvalue weighted by Crippen LogP contribution is 3.02. The molecule has 1 aromatic rings. The number of aryl methyl sites for hydroxylation is 1. The fourth-order valence-electron chi connectivity index (χ4n) is 2.75. The number of carbonyl (C=O) groups is 2. The molecule has 35 heavy (non-hydrogen) atoms. The van der Waals surface area contributed by atoms with Crippen LogP contribution in [0.2, 0.25) is 0 Å². The van der Waals surface area contributed by atoms with Gasteiger partial charge in [0, 0.05) is 12.0 Å². The van der Waals surface area contributed by atoms with E-state index in [-0.39, 0.29) is 24.6 Å². The normalized spacial score (nSPS) is 17.6. The Morgan fingerprint density at radius 1 is 1.14 bits per heavy atom. The van der Waals surface area contributed by atoms with Crippen molar-refractivity contribution in [1.82, 2.24) is 0 Å². The molecule has 1 atom stereocenters. The molecule has 1 aromatic carbocycles. The Hall–Kier alpha value is -3.31. The van der Waals surface area contributed by atoms with Gasteiger partial charge in [0.05, 0.1) is 12.2 Å². The van der Waals surface area contributed by atoms with Crippen LogP contribution in [0, 0.1) is 17.0 Å². The van der Waals surface area contributed by atoms with Gasteiger partial charge in [0.15, 0.2) is 0 Å². The molecule has 1 heterocycles. The number of nitrogens with zero attached hydrogens (tertiary/aromatic N) is 1. The van der Waals surface area contributed by atoms with Crippen LogP contribution in [0.25, 0.3) is 6.08 Å². The third kappa shape index (κ3) is 7.59. The molecule has 1 aliphatic heterocycles. The first-order valence-electron chi connectivity index (χ1n) is 9.13. The van der Waals surface area contributed by atoms with Crippen molar-refractivity contribution in [2.45, 2.75) is 36.9 Å². The molecule has 0 fully saturated rings. The minimum Gasteiger partial charge on any atom is -0.475 e. The first-order valence-corrected chi connectivity index (χ1v) is 11.1. The van der Waals surface area contributed by atoms with Crippen molar-refractivity contribution in [3.63, 3.8) is 0 Å². The summed E-state index contributed by atoms with van der Waals surface area (Å²) in [6.07, 6.45) is -8.68. The average Bonchev–Trinajstić information content (AvgIpc) is 2.67. The van der Waals surface area contributed by atoms with Crippen molar-refractivity contribution in [3.8, 4) is 5.75 Å². The predicted molar refractivity (Wildman–Crippen MR) is 100 cm³/mol. The fraction of sp³-hybridized carbons (Fsp3) is 0.412. The summed E-state index contributed by atoms with van der Waals surface area (Å²) in [5.41, 5.74) is -2.97. The Labute approximate surface area is 190 Å². The van der Waals surface area contributed by atoms with Crippen molar-refractivity contribution in [1.29, 1.82) is 0 Å². The van der Waals surface area contributed by atoms with Crippen LogP contribution in [0.5, 0.6) is 5.75 Å². The first kappa shape index (κ1) is 27.9. The second-order valence-electron chi connectivity index (χ2n) is 6.99. The van der Waals surface area contributed by atoms with E-state index in [4.69, 9.17) is 0 Å². The van der Waals surface area contributed by atoms with Gasteiger partial charge in [0.2, 0.25) is 12.9 Å². The standard InChI is InChI=1S/C17H15F8NO8S/c1-9-5-11(35(21,22,23,24)25)6-10-7-12(15(17(18,19)20)34-14(9)10)16(28)32-8-31-13(27)3-2-4-33-26(29)30/h5-7,15H,2-4,8H2,1H3. The molecule has 1 aliphatic rings. The molecule has 1 unspecified atom stereocenters. The number of halogens is 8. The number of hydrogen-bond donors (Lipinski definition) is 0. The van der Waals surface area contributed by atoms with E-state index in [1.54, 1.807) is 0 Å². The van der Waals surface area contributed by atoms with Crippen LogP contribution in [-0.4, -0.2) is 42.7 Å². The zero-order valence-corrected chi connectivity index (χ0v) is 18.1. The number of esters is 2. The van der Waals surface area contributed by atoms with Gasteiger partial charge < -0.3 is 19.0 Å². The largest absolute Gasteiger partial charge is 0.475 e. The number of alkyl halides is 3. The van der Waals surface area contributed by atoms with Gasteiger partial charge in [-0.3, -0.25) is 4.79 Å². The first-order chi connectivity index (χ1) is 15.7. The van der Waals surface area contributed by atoms with Crippen LogP contribution >= 0.6 is 10.2 Å². The van der Waals surface area contributed by atoms with Crippen LogP contribution in [-0.2, 0) is 23.9 Å². The maximum atomic E-state index is 13.4. The minimum absolute atomic E-state index is 0.0683. The van der Waals surface area contributed by atoms with Gasteiger partial charge in [-0.05, 0) is 37.1 Å². The number of benzene rings is 1. The lowest BCUT2D eigenvalue weighted by atomic mass is 9.99. The average molecular weight is 545 g/mol. The molecule has 198 valence electrons. The van der Waals surface area contributed by atoms with E-state index in [2.05, 4.69) is 19.0 Å². The number of rotatable bonds is 9.